The first-order chi connectivity index (χ1) is 26.3. The lowest BCUT2D eigenvalue weighted by Crippen LogP contribution is -2.76. The number of para-hydroxylation sites is 4. The maximum atomic E-state index is 8.99. The van der Waals surface area contributed by atoms with Gasteiger partial charge in [-0.2, -0.15) is 0 Å². The molecule has 5 nitrogen and oxygen atoms in total. The molecule has 0 amide bonds. The Balaban J connectivity index is 1.32. The monoisotopic (exact) mass is 694 g/mol. The number of aromatic nitrogens is 5. The van der Waals surface area contributed by atoms with E-state index in [1.165, 1.54) is 0 Å². The SMILES string of the molecule is [2H]C([2H])([2H])C1(C)c2ccccc2Sc2c1cccc2[Si](c1ccccc1)(c1ccccc1)c1ccnc(-n2c3ccccc3n3c4ccccc4nc23)n1. The molecule has 1 unspecified atom stereocenters. The predicted molar refractivity (Wildman–Crippen MR) is 211 cm³/mol. The molecule has 3 aromatic heterocycles. The summed E-state index contributed by atoms with van der Waals surface area (Å²) < 4.78 is 31.2. The van der Waals surface area contributed by atoms with E-state index < -0.39 is 20.3 Å². The molecule has 9 aromatic rings. The molecule has 0 radical (unpaired) electrons. The molecular weight excluding hydrogens is 659 g/mol. The average Bonchev–Trinajstić information content (AvgIpc) is 3.74. The molecule has 0 N–H and O–H groups in total. The fourth-order valence-electron chi connectivity index (χ4n) is 8.06. The van der Waals surface area contributed by atoms with Crippen LogP contribution in [-0.4, -0.2) is 32.0 Å². The minimum atomic E-state index is -3.33. The van der Waals surface area contributed by atoms with Gasteiger partial charge in [0.25, 0.3) is 0 Å². The Kier molecular flexibility index (Phi) is 6.03. The van der Waals surface area contributed by atoms with Crippen molar-refractivity contribution >= 4 is 68.6 Å². The van der Waals surface area contributed by atoms with E-state index in [1.807, 2.05) is 85.9 Å². The Hall–Kier alpha value is -5.76. The van der Waals surface area contributed by atoms with Crippen LogP contribution < -0.4 is 20.9 Å². The predicted octanol–water partition coefficient (Wildman–Crippen LogP) is 7.39. The summed E-state index contributed by atoms with van der Waals surface area (Å²) in [5.41, 5.74) is 4.28. The quantitative estimate of drug-likeness (QED) is 0.139. The first-order valence-electron chi connectivity index (χ1n) is 18.5. The van der Waals surface area contributed by atoms with E-state index in [4.69, 9.17) is 19.1 Å². The van der Waals surface area contributed by atoms with Gasteiger partial charge in [0, 0.05) is 30.8 Å². The third kappa shape index (κ3) is 4.31. The first kappa shape index (κ1) is 27.0. The van der Waals surface area contributed by atoms with Crippen molar-refractivity contribution in [2.24, 2.45) is 0 Å². The van der Waals surface area contributed by atoms with E-state index in [2.05, 4.69) is 93.9 Å². The van der Waals surface area contributed by atoms with E-state index in [-0.39, 0.29) is 0 Å². The fraction of sp³-hybridized carbons (Fsp3) is 0.0682. The lowest BCUT2D eigenvalue weighted by molar-refractivity contribution is 0.608. The summed E-state index contributed by atoms with van der Waals surface area (Å²) in [4.78, 5) is 17.6. The Labute approximate surface area is 305 Å². The lowest BCUT2D eigenvalue weighted by Gasteiger charge is -2.40. The molecule has 0 fully saturated rings. The molecule has 0 bridgehead atoms. The summed E-state index contributed by atoms with van der Waals surface area (Å²) in [6.07, 6.45) is 1.86. The second kappa shape index (κ2) is 11.4. The van der Waals surface area contributed by atoms with Crippen LogP contribution in [0.2, 0.25) is 0 Å². The van der Waals surface area contributed by atoms with Gasteiger partial charge in [0.1, 0.15) is 0 Å². The Morgan fingerprint density at radius 2 is 1.27 bits per heavy atom. The second-order valence-corrected chi connectivity index (χ2v) is 17.9. The van der Waals surface area contributed by atoms with Gasteiger partial charge in [-0.05, 0) is 63.1 Å². The van der Waals surface area contributed by atoms with E-state index in [1.54, 1.807) is 11.8 Å². The number of nitrogens with zero attached hydrogens (tertiary/aromatic N) is 5. The molecule has 1 aliphatic heterocycles. The number of benzene rings is 6. The van der Waals surface area contributed by atoms with E-state index in [0.29, 0.717) is 5.95 Å². The van der Waals surface area contributed by atoms with Crippen LogP contribution in [0.5, 0.6) is 0 Å². The molecule has 1 atom stereocenters. The highest BCUT2D eigenvalue weighted by molar-refractivity contribution is 7.99. The molecule has 244 valence electrons. The van der Waals surface area contributed by atoms with Crippen LogP contribution in [0.1, 0.15) is 29.0 Å². The number of hydrogen-bond donors (Lipinski definition) is 0. The average molecular weight is 695 g/mol. The van der Waals surface area contributed by atoms with E-state index in [9.17, 15) is 0 Å². The van der Waals surface area contributed by atoms with Crippen molar-refractivity contribution in [3.8, 4) is 5.95 Å². The molecule has 0 saturated carbocycles. The summed E-state index contributed by atoms with van der Waals surface area (Å²) in [6, 6.07) is 54.0. The fourth-order valence-corrected chi connectivity index (χ4v) is 14.6. The van der Waals surface area contributed by atoms with Gasteiger partial charge in [0.15, 0.2) is 0 Å². The Bertz CT molecular complexity index is 2850. The van der Waals surface area contributed by atoms with Crippen molar-refractivity contribution in [2.45, 2.75) is 29.0 Å². The van der Waals surface area contributed by atoms with Crippen LogP contribution in [0, 0.1) is 0 Å². The molecule has 0 spiro atoms. The van der Waals surface area contributed by atoms with Crippen molar-refractivity contribution in [1.82, 2.24) is 23.9 Å². The molecule has 1 aliphatic rings. The number of rotatable bonds is 5. The highest BCUT2D eigenvalue weighted by Crippen LogP contribution is 2.48. The first-order valence-corrected chi connectivity index (χ1v) is 19.9. The third-order valence-electron chi connectivity index (χ3n) is 10.3. The standard InChI is InChI=1S/C44H33N5SSi/c1-44(2)32-20-9-14-26-38(32)50-41-33(44)21-15-27-39(41)51(30-16-5-3-6-17-30,31-18-7-4-8-19-31)40-28-29-45-42(47-40)49-37-25-13-12-24-36(37)48-35-23-11-10-22-34(35)46-43(48)49/h3-29H,1-2H3/i1D3. The minimum absolute atomic E-state index is 0.521. The Morgan fingerprint density at radius 3 is 2.04 bits per heavy atom. The van der Waals surface area contributed by atoms with Crippen LogP contribution in [-0.2, 0) is 5.41 Å². The summed E-state index contributed by atoms with van der Waals surface area (Å²) in [7, 11) is -3.33. The maximum Gasteiger partial charge on any atom is 0.236 e. The molecule has 10 rings (SSSR count). The summed E-state index contributed by atoms with van der Waals surface area (Å²) >= 11 is 1.67. The van der Waals surface area contributed by atoms with E-state index in [0.717, 1.165) is 69.6 Å². The Morgan fingerprint density at radius 1 is 0.627 bits per heavy atom. The highest BCUT2D eigenvalue weighted by Gasteiger charge is 2.47. The van der Waals surface area contributed by atoms with Gasteiger partial charge in [0.2, 0.25) is 19.8 Å². The van der Waals surface area contributed by atoms with Gasteiger partial charge in [-0.3, -0.25) is 4.40 Å². The highest BCUT2D eigenvalue weighted by atomic mass is 32.2. The van der Waals surface area contributed by atoms with Crippen molar-refractivity contribution in [2.75, 3.05) is 0 Å². The molecule has 51 heavy (non-hydrogen) atoms. The second-order valence-electron chi connectivity index (χ2n) is 13.2. The van der Waals surface area contributed by atoms with Crippen LogP contribution in [0.3, 0.4) is 0 Å². The van der Waals surface area contributed by atoms with Crippen molar-refractivity contribution < 1.29 is 4.11 Å². The zero-order valence-corrected chi connectivity index (χ0v) is 29.5. The maximum absolute atomic E-state index is 8.99. The summed E-state index contributed by atoms with van der Waals surface area (Å²) in [5.74, 6) is 1.26. The number of hydrogen-bond acceptors (Lipinski definition) is 4. The van der Waals surface area contributed by atoms with Gasteiger partial charge in [-0.15, -0.1) is 0 Å². The van der Waals surface area contributed by atoms with Crippen molar-refractivity contribution in [3.05, 3.63) is 175 Å². The molecule has 6 aromatic carbocycles. The third-order valence-corrected chi connectivity index (χ3v) is 16.4. The van der Waals surface area contributed by atoms with Crippen LogP contribution in [0.15, 0.2) is 174 Å². The smallest absolute Gasteiger partial charge is 0.236 e. The van der Waals surface area contributed by atoms with Gasteiger partial charge in [0.05, 0.1) is 22.1 Å². The van der Waals surface area contributed by atoms with Gasteiger partial charge in [-0.1, -0.05) is 147 Å². The zero-order chi connectivity index (χ0) is 36.7. The summed E-state index contributed by atoms with van der Waals surface area (Å²) in [6.45, 7) is -0.424. The normalized spacial score (nSPS) is 16.8. The number of imidazole rings is 2. The lowest BCUT2D eigenvalue weighted by atomic mass is 9.78. The van der Waals surface area contributed by atoms with Crippen LogP contribution in [0.25, 0.3) is 33.8 Å². The molecule has 0 saturated heterocycles. The largest absolute Gasteiger partial charge is 0.276 e. The minimum Gasteiger partial charge on any atom is -0.276 e. The molecule has 4 heterocycles. The zero-order valence-electron chi connectivity index (χ0n) is 30.7. The van der Waals surface area contributed by atoms with Crippen LogP contribution in [0.4, 0.5) is 0 Å². The topological polar surface area (TPSA) is 48.0 Å². The molecular formula is C44H33N5SSi. The van der Waals surface area contributed by atoms with Gasteiger partial charge >= 0.3 is 0 Å². The van der Waals surface area contributed by atoms with Gasteiger partial charge in [-0.25, -0.2) is 19.5 Å². The van der Waals surface area contributed by atoms with E-state index >= 15 is 0 Å². The number of fused-ring (bicyclic) bond motifs is 7. The molecule has 7 heteroatoms. The van der Waals surface area contributed by atoms with Crippen molar-refractivity contribution in [1.29, 1.82) is 0 Å². The van der Waals surface area contributed by atoms with Crippen molar-refractivity contribution in [3.63, 3.8) is 0 Å². The van der Waals surface area contributed by atoms with Gasteiger partial charge < -0.3 is 0 Å². The van der Waals surface area contributed by atoms with Crippen LogP contribution >= 0.6 is 11.8 Å². The summed E-state index contributed by atoms with van der Waals surface area (Å²) in [5, 5.41) is 4.25. The molecule has 0 aliphatic carbocycles.